The van der Waals surface area contributed by atoms with Gasteiger partial charge in [-0.2, -0.15) is 5.26 Å². The number of hydrogen-bond acceptors (Lipinski definition) is 2. The van der Waals surface area contributed by atoms with E-state index in [1.54, 1.807) is 0 Å². The molecule has 1 heterocycles. The Hall–Kier alpha value is -1.07. The summed E-state index contributed by atoms with van der Waals surface area (Å²) in [6.07, 6.45) is 12.3. The van der Waals surface area contributed by atoms with Gasteiger partial charge in [-0.25, -0.2) is 0 Å². The first-order valence-electron chi connectivity index (χ1n) is 9.64. The van der Waals surface area contributed by atoms with Crippen molar-refractivity contribution >= 4 is 0 Å². The smallest absolute Gasteiger partial charge is 0.0701 e. The first-order valence-corrected chi connectivity index (χ1v) is 9.64. The second-order valence-electron chi connectivity index (χ2n) is 7.54. The molecule has 1 atom stereocenters. The summed E-state index contributed by atoms with van der Waals surface area (Å²) in [7, 11) is 0. The molecule has 0 amide bonds. The van der Waals surface area contributed by atoms with Crippen LogP contribution < -0.4 is 0 Å². The molecule has 0 N–H and O–H groups in total. The van der Waals surface area contributed by atoms with Gasteiger partial charge < -0.3 is 0 Å². The number of allylic oxidation sites excluding steroid dienone is 1. The molecule has 0 aromatic rings. The van der Waals surface area contributed by atoms with Gasteiger partial charge in [0.1, 0.15) is 0 Å². The van der Waals surface area contributed by atoms with Crippen molar-refractivity contribution in [3.8, 4) is 6.07 Å². The molecule has 2 rings (SSSR count). The Morgan fingerprint density at radius 3 is 2.70 bits per heavy atom. The molecule has 0 spiro atoms. The molecular formula is C21H34N2. The number of hydrogen-bond donors (Lipinski definition) is 0. The van der Waals surface area contributed by atoms with Gasteiger partial charge in [-0.1, -0.05) is 50.3 Å². The van der Waals surface area contributed by atoms with Crippen LogP contribution in [0.3, 0.4) is 0 Å². The predicted octanol–water partition coefficient (Wildman–Crippen LogP) is 5.62. The van der Waals surface area contributed by atoms with E-state index in [1.165, 1.54) is 55.4 Å². The van der Waals surface area contributed by atoms with Crippen molar-refractivity contribution in [2.24, 2.45) is 5.92 Å². The molecule has 2 aliphatic rings. The monoisotopic (exact) mass is 314 g/mol. The molecule has 1 unspecified atom stereocenters. The van der Waals surface area contributed by atoms with Crippen molar-refractivity contribution in [3.05, 3.63) is 23.3 Å². The molecule has 2 nitrogen and oxygen atoms in total. The van der Waals surface area contributed by atoms with Crippen LogP contribution in [0.1, 0.15) is 78.1 Å². The number of nitrogens with zero attached hydrogens (tertiary/aromatic N) is 2. The third kappa shape index (κ3) is 5.21. The van der Waals surface area contributed by atoms with Gasteiger partial charge in [-0.15, -0.1) is 0 Å². The molecule has 1 aliphatic heterocycles. The lowest BCUT2D eigenvalue weighted by Crippen LogP contribution is -2.42. The summed E-state index contributed by atoms with van der Waals surface area (Å²) in [5.74, 6) is 0.0926. The van der Waals surface area contributed by atoms with Crippen LogP contribution in [0.15, 0.2) is 23.3 Å². The summed E-state index contributed by atoms with van der Waals surface area (Å²) in [6.45, 7) is 10.8. The Bertz CT molecular complexity index is 463. The van der Waals surface area contributed by atoms with Crippen LogP contribution in [-0.4, -0.2) is 24.0 Å². The van der Waals surface area contributed by atoms with Crippen LogP contribution in [0, 0.1) is 17.2 Å². The molecule has 0 aromatic heterocycles. The summed E-state index contributed by atoms with van der Waals surface area (Å²) in [5.41, 5.74) is 4.21. The van der Waals surface area contributed by atoms with Crippen molar-refractivity contribution in [2.75, 3.05) is 13.1 Å². The predicted molar refractivity (Wildman–Crippen MR) is 98.1 cm³/mol. The largest absolute Gasteiger partial charge is 0.296 e. The van der Waals surface area contributed by atoms with Crippen molar-refractivity contribution in [1.29, 1.82) is 5.26 Å². The molecular weight excluding hydrogens is 280 g/mol. The lowest BCUT2D eigenvalue weighted by Gasteiger charge is -2.39. The van der Waals surface area contributed by atoms with Crippen molar-refractivity contribution in [3.63, 3.8) is 0 Å². The van der Waals surface area contributed by atoms with E-state index in [0.29, 0.717) is 0 Å². The number of nitriles is 1. The Morgan fingerprint density at radius 1 is 1.30 bits per heavy atom. The molecule has 0 saturated heterocycles. The number of rotatable bonds is 7. The zero-order valence-electron chi connectivity index (χ0n) is 15.2. The first kappa shape index (κ1) is 18.3. The third-order valence-electron chi connectivity index (χ3n) is 5.75. The summed E-state index contributed by atoms with van der Waals surface area (Å²) in [5, 5.41) is 9.70. The van der Waals surface area contributed by atoms with Crippen molar-refractivity contribution in [1.82, 2.24) is 4.90 Å². The Morgan fingerprint density at radius 2 is 2.04 bits per heavy atom. The van der Waals surface area contributed by atoms with Gasteiger partial charge in [-0.3, -0.25) is 4.90 Å². The van der Waals surface area contributed by atoms with Crippen LogP contribution in [0.4, 0.5) is 0 Å². The summed E-state index contributed by atoms with van der Waals surface area (Å²) < 4.78 is 0. The van der Waals surface area contributed by atoms with Crippen molar-refractivity contribution < 1.29 is 0 Å². The van der Waals surface area contributed by atoms with E-state index in [2.05, 4.69) is 31.4 Å². The Kier molecular flexibility index (Phi) is 7.37. The van der Waals surface area contributed by atoms with Gasteiger partial charge in [-0.05, 0) is 51.0 Å². The fourth-order valence-corrected chi connectivity index (χ4v) is 4.21. The van der Waals surface area contributed by atoms with Gasteiger partial charge in [0.05, 0.1) is 12.0 Å². The summed E-state index contributed by atoms with van der Waals surface area (Å²) >= 11 is 0. The Labute approximate surface area is 143 Å². The molecule has 0 aromatic carbocycles. The van der Waals surface area contributed by atoms with Gasteiger partial charge >= 0.3 is 0 Å². The quantitative estimate of drug-likeness (QED) is 0.570. The molecule has 1 aliphatic carbocycles. The molecule has 128 valence electrons. The highest BCUT2D eigenvalue weighted by Gasteiger charge is 2.28. The third-order valence-corrected chi connectivity index (χ3v) is 5.75. The molecule has 23 heavy (non-hydrogen) atoms. The van der Waals surface area contributed by atoms with E-state index in [-0.39, 0.29) is 5.92 Å². The highest BCUT2D eigenvalue weighted by molar-refractivity contribution is 5.25. The highest BCUT2D eigenvalue weighted by Crippen LogP contribution is 2.32. The van der Waals surface area contributed by atoms with Gasteiger partial charge in [0.2, 0.25) is 0 Å². The average molecular weight is 315 g/mol. The van der Waals surface area contributed by atoms with Gasteiger partial charge in [0.25, 0.3) is 0 Å². The van der Waals surface area contributed by atoms with E-state index in [1.807, 2.05) is 0 Å². The SMILES string of the molecule is C=C(CCC)CCC(C#N)C1=C(C)CCN(C2CCCCC2)C1. The van der Waals surface area contributed by atoms with Crippen LogP contribution >= 0.6 is 0 Å². The highest BCUT2D eigenvalue weighted by atomic mass is 15.2. The van der Waals surface area contributed by atoms with Gasteiger partial charge in [0, 0.05) is 19.1 Å². The minimum Gasteiger partial charge on any atom is -0.296 e. The molecule has 2 heteroatoms. The molecule has 0 radical (unpaired) electrons. The van der Waals surface area contributed by atoms with E-state index < -0.39 is 0 Å². The summed E-state index contributed by atoms with van der Waals surface area (Å²) in [4.78, 5) is 2.67. The van der Waals surface area contributed by atoms with Crippen LogP contribution in [0.5, 0.6) is 0 Å². The molecule has 1 fully saturated rings. The maximum Gasteiger partial charge on any atom is 0.0701 e. The van der Waals surface area contributed by atoms with E-state index in [4.69, 9.17) is 0 Å². The molecule has 1 saturated carbocycles. The van der Waals surface area contributed by atoms with Crippen molar-refractivity contribution in [2.45, 2.75) is 84.1 Å². The minimum absolute atomic E-state index is 0.0926. The normalized spacial score (nSPS) is 22.0. The fraction of sp³-hybridized carbons (Fsp3) is 0.762. The minimum atomic E-state index is 0.0926. The lowest BCUT2D eigenvalue weighted by molar-refractivity contribution is 0.159. The second-order valence-corrected chi connectivity index (χ2v) is 7.54. The fourth-order valence-electron chi connectivity index (χ4n) is 4.21. The van der Waals surface area contributed by atoms with Crippen LogP contribution in [0.2, 0.25) is 0 Å². The van der Waals surface area contributed by atoms with E-state index >= 15 is 0 Å². The topological polar surface area (TPSA) is 27.0 Å². The summed E-state index contributed by atoms with van der Waals surface area (Å²) in [6, 6.07) is 3.36. The second kappa shape index (κ2) is 9.28. The van der Waals surface area contributed by atoms with Crippen LogP contribution in [-0.2, 0) is 0 Å². The standard InChI is InChI=1S/C21H34N2/c1-4-8-17(2)11-12-19(15-22)21-16-23(14-13-18(21)3)20-9-6-5-7-10-20/h19-20H,2,4-14,16H2,1,3H3. The Balaban J connectivity index is 1.96. The maximum atomic E-state index is 9.70. The van der Waals surface area contributed by atoms with Crippen LogP contribution in [0.25, 0.3) is 0 Å². The zero-order chi connectivity index (χ0) is 16.7. The van der Waals surface area contributed by atoms with E-state index in [0.717, 1.165) is 44.7 Å². The zero-order valence-corrected chi connectivity index (χ0v) is 15.2. The van der Waals surface area contributed by atoms with Gasteiger partial charge in [0.15, 0.2) is 0 Å². The molecule has 0 bridgehead atoms. The lowest BCUT2D eigenvalue weighted by atomic mass is 9.85. The average Bonchev–Trinajstić information content (AvgIpc) is 2.58. The van der Waals surface area contributed by atoms with E-state index in [9.17, 15) is 5.26 Å². The maximum absolute atomic E-state index is 9.70. The first-order chi connectivity index (χ1) is 11.2.